The summed E-state index contributed by atoms with van der Waals surface area (Å²) in [5, 5.41) is 1.27. The first kappa shape index (κ1) is 12.9. The van der Waals surface area contributed by atoms with E-state index in [2.05, 4.69) is 67.1 Å². The van der Waals surface area contributed by atoms with Crippen LogP contribution < -0.4 is 5.73 Å². The van der Waals surface area contributed by atoms with Crippen molar-refractivity contribution in [2.45, 2.75) is 26.9 Å². The molecule has 20 heavy (non-hydrogen) atoms. The van der Waals surface area contributed by atoms with Gasteiger partial charge in [-0.3, -0.25) is 0 Å². The molecule has 1 aromatic heterocycles. The van der Waals surface area contributed by atoms with E-state index >= 15 is 0 Å². The van der Waals surface area contributed by atoms with Gasteiger partial charge in [-0.1, -0.05) is 30.3 Å². The summed E-state index contributed by atoms with van der Waals surface area (Å²) in [6, 6.07) is 15.0. The van der Waals surface area contributed by atoms with Crippen molar-refractivity contribution in [2.24, 2.45) is 5.73 Å². The molecule has 3 rings (SSSR count). The standard InChI is InChI=1S/C18H20N2/c1-13-5-3-6-14(2)17(13)12-20-10-9-16-15(11-19)7-4-8-18(16)20/h3-10H,11-12,19H2,1-2H3. The van der Waals surface area contributed by atoms with Crippen molar-refractivity contribution in [1.82, 2.24) is 4.57 Å². The number of benzene rings is 2. The van der Waals surface area contributed by atoms with Gasteiger partial charge in [0.25, 0.3) is 0 Å². The molecule has 0 spiro atoms. The third-order valence-electron chi connectivity index (χ3n) is 4.10. The smallest absolute Gasteiger partial charge is 0.0486 e. The Kier molecular flexibility index (Phi) is 3.33. The van der Waals surface area contributed by atoms with Crippen molar-refractivity contribution in [2.75, 3.05) is 0 Å². The van der Waals surface area contributed by atoms with Crippen molar-refractivity contribution in [1.29, 1.82) is 0 Å². The van der Waals surface area contributed by atoms with E-state index in [1.807, 2.05) is 0 Å². The highest BCUT2D eigenvalue weighted by Gasteiger charge is 2.07. The van der Waals surface area contributed by atoms with Crippen LogP contribution in [-0.4, -0.2) is 4.57 Å². The normalized spacial score (nSPS) is 11.2. The van der Waals surface area contributed by atoms with Crippen LogP contribution in [0.5, 0.6) is 0 Å². The van der Waals surface area contributed by atoms with Crippen molar-refractivity contribution in [3.05, 3.63) is 70.9 Å². The minimum absolute atomic E-state index is 0.588. The Hall–Kier alpha value is -2.06. The van der Waals surface area contributed by atoms with Gasteiger partial charge in [-0.25, -0.2) is 0 Å². The zero-order valence-electron chi connectivity index (χ0n) is 12.1. The summed E-state index contributed by atoms with van der Waals surface area (Å²) in [7, 11) is 0. The Labute approximate surface area is 119 Å². The van der Waals surface area contributed by atoms with Gasteiger partial charge < -0.3 is 10.3 Å². The summed E-state index contributed by atoms with van der Waals surface area (Å²) in [6.45, 7) is 5.86. The van der Waals surface area contributed by atoms with Crippen molar-refractivity contribution >= 4 is 10.9 Å². The Balaban J connectivity index is 2.08. The first-order valence-electron chi connectivity index (χ1n) is 7.02. The lowest BCUT2D eigenvalue weighted by molar-refractivity contribution is 0.823. The number of aromatic nitrogens is 1. The van der Waals surface area contributed by atoms with Gasteiger partial charge in [0.2, 0.25) is 0 Å². The second-order valence-corrected chi connectivity index (χ2v) is 5.37. The molecule has 0 bridgehead atoms. The Bertz CT molecular complexity index is 733. The second-order valence-electron chi connectivity index (χ2n) is 5.37. The van der Waals surface area contributed by atoms with Crippen LogP contribution in [0.1, 0.15) is 22.3 Å². The van der Waals surface area contributed by atoms with E-state index in [1.165, 1.54) is 33.2 Å². The number of hydrogen-bond donors (Lipinski definition) is 1. The molecule has 2 heteroatoms. The summed E-state index contributed by atoms with van der Waals surface area (Å²) in [4.78, 5) is 0. The molecule has 0 aliphatic carbocycles. The van der Waals surface area contributed by atoms with E-state index < -0.39 is 0 Å². The molecule has 102 valence electrons. The fourth-order valence-corrected chi connectivity index (χ4v) is 2.87. The molecule has 0 amide bonds. The number of rotatable bonds is 3. The maximum Gasteiger partial charge on any atom is 0.0486 e. The van der Waals surface area contributed by atoms with Crippen molar-refractivity contribution in [3.63, 3.8) is 0 Å². The SMILES string of the molecule is Cc1cccc(C)c1Cn1ccc2c(CN)cccc21. The van der Waals surface area contributed by atoms with Gasteiger partial charge in [0.1, 0.15) is 0 Å². The summed E-state index contributed by atoms with van der Waals surface area (Å²) in [5.74, 6) is 0. The first-order chi connectivity index (χ1) is 9.70. The first-order valence-corrected chi connectivity index (χ1v) is 7.02. The van der Waals surface area contributed by atoms with E-state index in [0.717, 1.165) is 6.54 Å². The van der Waals surface area contributed by atoms with Crippen LogP contribution in [0.15, 0.2) is 48.7 Å². The summed E-state index contributed by atoms with van der Waals surface area (Å²) in [6.07, 6.45) is 2.16. The third kappa shape index (κ3) is 2.12. The topological polar surface area (TPSA) is 30.9 Å². The highest BCUT2D eigenvalue weighted by Crippen LogP contribution is 2.23. The summed E-state index contributed by atoms with van der Waals surface area (Å²) >= 11 is 0. The molecule has 0 atom stereocenters. The molecule has 0 unspecified atom stereocenters. The van der Waals surface area contributed by atoms with Gasteiger partial charge in [0.05, 0.1) is 0 Å². The van der Waals surface area contributed by atoms with E-state index in [0.29, 0.717) is 6.54 Å². The molecule has 1 heterocycles. The van der Waals surface area contributed by atoms with E-state index in [4.69, 9.17) is 5.73 Å². The quantitative estimate of drug-likeness (QED) is 0.767. The number of nitrogens with zero attached hydrogens (tertiary/aromatic N) is 1. The fourth-order valence-electron chi connectivity index (χ4n) is 2.87. The van der Waals surface area contributed by atoms with Gasteiger partial charge >= 0.3 is 0 Å². The molecule has 0 fully saturated rings. The van der Waals surface area contributed by atoms with Gasteiger partial charge in [0, 0.05) is 30.2 Å². The predicted molar refractivity (Wildman–Crippen MR) is 84.8 cm³/mol. The average molecular weight is 264 g/mol. The minimum Gasteiger partial charge on any atom is -0.343 e. The molecule has 0 aliphatic rings. The molecule has 3 aromatic rings. The fraction of sp³-hybridized carbons (Fsp3) is 0.222. The van der Waals surface area contributed by atoms with Crippen molar-refractivity contribution < 1.29 is 0 Å². The van der Waals surface area contributed by atoms with Crippen LogP contribution in [0.3, 0.4) is 0 Å². The van der Waals surface area contributed by atoms with Crippen LogP contribution in [0.2, 0.25) is 0 Å². The van der Waals surface area contributed by atoms with Crippen LogP contribution in [0.25, 0.3) is 10.9 Å². The second kappa shape index (κ2) is 5.14. The highest BCUT2D eigenvalue weighted by atomic mass is 15.0. The average Bonchev–Trinajstić information content (AvgIpc) is 2.86. The molecule has 0 aliphatic heterocycles. The zero-order valence-corrected chi connectivity index (χ0v) is 12.1. The molecular weight excluding hydrogens is 244 g/mol. The molecule has 2 aromatic carbocycles. The maximum atomic E-state index is 5.82. The van der Waals surface area contributed by atoms with E-state index in [1.54, 1.807) is 0 Å². The lowest BCUT2D eigenvalue weighted by Crippen LogP contribution is -2.03. The number of hydrogen-bond acceptors (Lipinski definition) is 1. The number of aryl methyl sites for hydroxylation is 2. The Morgan fingerprint density at radius 3 is 2.35 bits per heavy atom. The lowest BCUT2D eigenvalue weighted by Gasteiger charge is -2.12. The van der Waals surface area contributed by atoms with Crippen LogP contribution in [0.4, 0.5) is 0 Å². The largest absolute Gasteiger partial charge is 0.343 e. The zero-order chi connectivity index (χ0) is 14.1. The van der Waals surface area contributed by atoms with E-state index in [9.17, 15) is 0 Å². The highest BCUT2D eigenvalue weighted by molar-refractivity contribution is 5.83. The Morgan fingerprint density at radius 1 is 0.950 bits per heavy atom. The molecule has 2 N–H and O–H groups in total. The van der Waals surface area contributed by atoms with Crippen LogP contribution in [0, 0.1) is 13.8 Å². The van der Waals surface area contributed by atoms with E-state index in [-0.39, 0.29) is 0 Å². The molecule has 0 radical (unpaired) electrons. The summed E-state index contributed by atoms with van der Waals surface area (Å²) < 4.78 is 2.31. The van der Waals surface area contributed by atoms with Crippen LogP contribution in [-0.2, 0) is 13.1 Å². The Morgan fingerprint density at radius 2 is 1.65 bits per heavy atom. The molecule has 0 saturated heterocycles. The number of nitrogens with two attached hydrogens (primary N) is 1. The van der Waals surface area contributed by atoms with Gasteiger partial charge in [0.15, 0.2) is 0 Å². The van der Waals surface area contributed by atoms with Gasteiger partial charge in [-0.05, 0) is 48.2 Å². The van der Waals surface area contributed by atoms with Gasteiger partial charge in [-0.2, -0.15) is 0 Å². The van der Waals surface area contributed by atoms with Gasteiger partial charge in [-0.15, -0.1) is 0 Å². The predicted octanol–water partition coefficient (Wildman–Crippen LogP) is 3.77. The van der Waals surface area contributed by atoms with Crippen molar-refractivity contribution in [3.8, 4) is 0 Å². The lowest BCUT2D eigenvalue weighted by atomic mass is 10.0. The minimum atomic E-state index is 0.588. The monoisotopic (exact) mass is 264 g/mol. The number of fused-ring (bicyclic) bond motifs is 1. The third-order valence-corrected chi connectivity index (χ3v) is 4.10. The molecule has 2 nitrogen and oxygen atoms in total. The maximum absolute atomic E-state index is 5.82. The van der Waals surface area contributed by atoms with Crippen LogP contribution >= 0.6 is 0 Å². The summed E-state index contributed by atoms with van der Waals surface area (Å²) in [5.41, 5.74) is 12.4. The molecule has 0 saturated carbocycles. The molecular formula is C18H20N2.